The summed E-state index contributed by atoms with van der Waals surface area (Å²) in [5, 5.41) is 3.38. The molecule has 0 bridgehead atoms. The Morgan fingerprint density at radius 2 is 2.19 bits per heavy atom. The first kappa shape index (κ1) is 13.0. The maximum Gasteiger partial charge on any atom is 0.213 e. The Hall–Kier alpha value is -1.09. The maximum absolute atomic E-state index is 5.42. The number of rotatable bonds is 7. The minimum Gasteiger partial charge on any atom is -0.478 e. The van der Waals surface area contributed by atoms with E-state index in [9.17, 15) is 0 Å². The number of ether oxygens (including phenoxy) is 1. The SMILES string of the molecule is CCCOc1ccc(CNCC(C)C)cn1. The Morgan fingerprint density at radius 1 is 1.38 bits per heavy atom. The van der Waals surface area contributed by atoms with Crippen LogP contribution in [0.25, 0.3) is 0 Å². The molecule has 0 saturated heterocycles. The van der Waals surface area contributed by atoms with Crippen LogP contribution in [0.3, 0.4) is 0 Å². The normalized spacial score (nSPS) is 10.8. The molecular weight excluding hydrogens is 200 g/mol. The Labute approximate surface area is 98.2 Å². The highest BCUT2D eigenvalue weighted by molar-refractivity contribution is 5.17. The topological polar surface area (TPSA) is 34.1 Å². The van der Waals surface area contributed by atoms with Gasteiger partial charge in [-0.05, 0) is 24.4 Å². The minimum atomic E-state index is 0.681. The lowest BCUT2D eigenvalue weighted by atomic mass is 10.2. The molecule has 1 N–H and O–H groups in total. The van der Waals surface area contributed by atoms with Crippen LogP contribution in [-0.4, -0.2) is 18.1 Å². The summed E-state index contributed by atoms with van der Waals surface area (Å²) in [4.78, 5) is 4.25. The molecule has 0 aromatic carbocycles. The number of hydrogen-bond donors (Lipinski definition) is 1. The summed E-state index contributed by atoms with van der Waals surface area (Å²) in [6, 6.07) is 3.99. The van der Waals surface area contributed by atoms with Crippen molar-refractivity contribution >= 4 is 0 Å². The van der Waals surface area contributed by atoms with E-state index in [1.165, 1.54) is 5.56 Å². The van der Waals surface area contributed by atoms with E-state index in [1.54, 1.807) is 0 Å². The third-order valence-electron chi connectivity index (χ3n) is 2.13. The molecule has 0 saturated carbocycles. The lowest BCUT2D eigenvalue weighted by molar-refractivity contribution is 0.305. The molecule has 90 valence electrons. The molecule has 1 aromatic rings. The first-order valence-electron chi connectivity index (χ1n) is 6.00. The number of nitrogens with one attached hydrogen (secondary N) is 1. The summed E-state index contributed by atoms with van der Waals surface area (Å²) < 4.78 is 5.42. The van der Waals surface area contributed by atoms with Gasteiger partial charge < -0.3 is 10.1 Å². The zero-order valence-corrected chi connectivity index (χ0v) is 10.5. The molecule has 0 fully saturated rings. The van der Waals surface area contributed by atoms with Gasteiger partial charge >= 0.3 is 0 Å². The molecule has 0 aliphatic carbocycles. The molecule has 3 heteroatoms. The van der Waals surface area contributed by atoms with Crippen LogP contribution in [0.4, 0.5) is 0 Å². The van der Waals surface area contributed by atoms with Crippen LogP contribution in [0.2, 0.25) is 0 Å². The molecule has 0 spiro atoms. The summed E-state index contributed by atoms with van der Waals surface area (Å²) in [6.07, 6.45) is 2.89. The molecule has 1 heterocycles. The van der Waals surface area contributed by atoms with Crippen LogP contribution in [0.5, 0.6) is 5.88 Å². The molecule has 0 atom stereocenters. The zero-order chi connectivity index (χ0) is 11.8. The molecular formula is C13H22N2O. The van der Waals surface area contributed by atoms with E-state index in [0.717, 1.165) is 32.0 Å². The van der Waals surface area contributed by atoms with Crippen LogP contribution >= 0.6 is 0 Å². The second-order valence-corrected chi connectivity index (χ2v) is 4.38. The lowest BCUT2D eigenvalue weighted by Gasteiger charge is -2.08. The predicted octanol–water partition coefficient (Wildman–Crippen LogP) is 2.62. The van der Waals surface area contributed by atoms with E-state index >= 15 is 0 Å². The average molecular weight is 222 g/mol. The first-order valence-corrected chi connectivity index (χ1v) is 6.00. The standard InChI is InChI=1S/C13H22N2O/c1-4-7-16-13-6-5-12(10-15-13)9-14-8-11(2)3/h5-6,10-11,14H,4,7-9H2,1-3H3. The quantitative estimate of drug-likeness (QED) is 0.770. The Balaban J connectivity index is 2.33. The van der Waals surface area contributed by atoms with Crippen molar-refractivity contribution < 1.29 is 4.74 Å². The Bertz CT molecular complexity index is 282. The van der Waals surface area contributed by atoms with Gasteiger partial charge in [0.15, 0.2) is 0 Å². The highest BCUT2D eigenvalue weighted by Crippen LogP contribution is 2.07. The summed E-state index contributed by atoms with van der Waals surface area (Å²) in [6.45, 7) is 9.13. The molecule has 1 rings (SSSR count). The van der Waals surface area contributed by atoms with Gasteiger partial charge in [0.1, 0.15) is 0 Å². The summed E-state index contributed by atoms with van der Waals surface area (Å²) in [7, 11) is 0. The molecule has 0 aliphatic heterocycles. The smallest absolute Gasteiger partial charge is 0.213 e. The van der Waals surface area contributed by atoms with Gasteiger partial charge in [-0.1, -0.05) is 26.8 Å². The maximum atomic E-state index is 5.42. The van der Waals surface area contributed by atoms with Gasteiger partial charge in [-0.25, -0.2) is 4.98 Å². The molecule has 0 aliphatic rings. The van der Waals surface area contributed by atoms with Crippen LogP contribution < -0.4 is 10.1 Å². The fourth-order valence-corrected chi connectivity index (χ4v) is 1.31. The number of hydrogen-bond acceptors (Lipinski definition) is 3. The van der Waals surface area contributed by atoms with Crippen LogP contribution in [0.15, 0.2) is 18.3 Å². The van der Waals surface area contributed by atoms with Gasteiger partial charge in [0.2, 0.25) is 5.88 Å². The monoisotopic (exact) mass is 222 g/mol. The third-order valence-corrected chi connectivity index (χ3v) is 2.13. The average Bonchev–Trinajstić information content (AvgIpc) is 2.27. The van der Waals surface area contributed by atoms with E-state index in [-0.39, 0.29) is 0 Å². The van der Waals surface area contributed by atoms with Crippen molar-refractivity contribution in [2.75, 3.05) is 13.2 Å². The predicted molar refractivity (Wildman–Crippen MR) is 66.6 cm³/mol. The van der Waals surface area contributed by atoms with Crippen LogP contribution in [-0.2, 0) is 6.54 Å². The molecule has 0 amide bonds. The second kappa shape index (κ2) is 7.23. The fraction of sp³-hybridized carbons (Fsp3) is 0.615. The molecule has 1 aromatic heterocycles. The van der Waals surface area contributed by atoms with Gasteiger partial charge in [0.05, 0.1) is 6.61 Å². The van der Waals surface area contributed by atoms with Gasteiger partial charge in [-0.3, -0.25) is 0 Å². The third kappa shape index (κ3) is 5.12. The minimum absolute atomic E-state index is 0.681. The van der Waals surface area contributed by atoms with Gasteiger partial charge in [-0.2, -0.15) is 0 Å². The van der Waals surface area contributed by atoms with E-state index in [2.05, 4.69) is 37.1 Å². The Kier molecular flexibility index (Phi) is 5.86. The van der Waals surface area contributed by atoms with Crippen molar-refractivity contribution in [1.82, 2.24) is 10.3 Å². The van der Waals surface area contributed by atoms with Crippen molar-refractivity contribution in [1.29, 1.82) is 0 Å². The number of nitrogens with zero attached hydrogens (tertiary/aromatic N) is 1. The highest BCUT2D eigenvalue weighted by atomic mass is 16.5. The summed E-state index contributed by atoms with van der Waals surface area (Å²) in [5.74, 6) is 1.40. The number of aromatic nitrogens is 1. The fourth-order valence-electron chi connectivity index (χ4n) is 1.31. The van der Waals surface area contributed by atoms with E-state index in [4.69, 9.17) is 4.74 Å². The molecule has 16 heavy (non-hydrogen) atoms. The van der Waals surface area contributed by atoms with Crippen molar-refractivity contribution in [3.8, 4) is 5.88 Å². The van der Waals surface area contributed by atoms with Crippen LogP contribution in [0, 0.1) is 5.92 Å². The van der Waals surface area contributed by atoms with Crippen molar-refractivity contribution in [2.24, 2.45) is 5.92 Å². The lowest BCUT2D eigenvalue weighted by Crippen LogP contribution is -2.18. The first-order chi connectivity index (χ1) is 7.72. The van der Waals surface area contributed by atoms with Gasteiger partial charge in [0, 0.05) is 18.8 Å². The highest BCUT2D eigenvalue weighted by Gasteiger charge is 1.97. The largest absolute Gasteiger partial charge is 0.478 e. The number of pyridine rings is 1. The second-order valence-electron chi connectivity index (χ2n) is 4.38. The van der Waals surface area contributed by atoms with Crippen molar-refractivity contribution in [3.05, 3.63) is 23.9 Å². The molecule has 0 radical (unpaired) electrons. The summed E-state index contributed by atoms with van der Waals surface area (Å²) in [5.41, 5.74) is 1.20. The molecule has 0 unspecified atom stereocenters. The molecule has 3 nitrogen and oxygen atoms in total. The van der Waals surface area contributed by atoms with E-state index < -0.39 is 0 Å². The Morgan fingerprint density at radius 3 is 2.75 bits per heavy atom. The van der Waals surface area contributed by atoms with Crippen molar-refractivity contribution in [3.63, 3.8) is 0 Å². The van der Waals surface area contributed by atoms with Crippen molar-refractivity contribution in [2.45, 2.75) is 33.7 Å². The van der Waals surface area contributed by atoms with E-state index in [1.807, 2.05) is 12.3 Å². The van der Waals surface area contributed by atoms with Gasteiger partial charge in [0.25, 0.3) is 0 Å². The summed E-state index contributed by atoms with van der Waals surface area (Å²) >= 11 is 0. The van der Waals surface area contributed by atoms with Crippen LogP contribution in [0.1, 0.15) is 32.8 Å². The van der Waals surface area contributed by atoms with Gasteiger partial charge in [-0.15, -0.1) is 0 Å². The van der Waals surface area contributed by atoms with E-state index in [0.29, 0.717) is 5.92 Å². The zero-order valence-electron chi connectivity index (χ0n) is 10.5.